The predicted octanol–water partition coefficient (Wildman–Crippen LogP) is 3.52. The van der Waals surface area contributed by atoms with Crippen LogP contribution in [0.15, 0.2) is 42.5 Å². The molecular weight excluding hydrogens is 234 g/mol. The van der Waals surface area contributed by atoms with Gasteiger partial charge in [-0.3, -0.25) is 0 Å². The molecule has 0 aliphatic heterocycles. The molecule has 2 N–H and O–H groups in total. The number of nitrogen functional groups attached to an aromatic ring is 1. The van der Waals surface area contributed by atoms with Crippen molar-refractivity contribution in [2.45, 2.75) is 6.42 Å². The Morgan fingerprint density at radius 3 is 2.41 bits per heavy atom. The third-order valence-corrected chi connectivity index (χ3v) is 2.99. The highest BCUT2D eigenvalue weighted by molar-refractivity contribution is 6.31. The fourth-order valence-electron chi connectivity index (χ4n) is 1.65. The van der Waals surface area contributed by atoms with Crippen LogP contribution in [0.4, 0.5) is 5.69 Å². The predicted molar refractivity (Wildman–Crippen MR) is 71.7 cm³/mol. The number of hydrogen-bond acceptors (Lipinski definition) is 2. The van der Waals surface area contributed by atoms with Crippen molar-refractivity contribution < 1.29 is 4.74 Å². The van der Waals surface area contributed by atoms with Crippen LogP contribution in [0.1, 0.15) is 11.1 Å². The molecule has 0 aliphatic carbocycles. The van der Waals surface area contributed by atoms with Gasteiger partial charge in [0.25, 0.3) is 0 Å². The summed E-state index contributed by atoms with van der Waals surface area (Å²) >= 11 is 6.18. The van der Waals surface area contributed by atoms with Crippen LogP contribution in [0.2, 0.25) is 5.02 Å². The van der Waals surface area contributed by atoms with Crippen molar-refractivity contribution in [2.24, 2.45) is 0 Å². The Bertz CT molecular complexity index is 508. The Morgan fingerprint density at radius 1 is 1.12 bits per heavy atom. The van der Waals surface area contributed by atoms with E-state index in [4.69, 9.17) is 22.1 Å². The molecule has 0 radical (unpaired) electrons. The molecule has 2 aromatic rings. The normalized spacial score (nSPS) is 10.2. The van der Waals surface area contributed by atoms with Crippen molar-refractivity contribution in [3.05, 3.63) is 58.6 Å². The molecule has 2 rings (SSSR count). The minimum Gasteiger partial charge on any atom is -0.497 e. The number of nitrogens with two attached hydrogens (primary N) is 1. The molecule has 88 valence electrons. The van der Waals surface area contributed by atoms with Crippen LogP contribution in [-0.2, 0) is 6.42 Å². The molecule has 2 nitrogen and oxygen atoms in total. The van der Waals surface area contributed by atoms with Gasteiger partial charge in [0.1, 0.15) is 5.75 Å². The van der Waals surface area contributed by atoms with Crippen LogP contribution < -0.4 is 10.5 Å². The lowest BCUT2D eigenvalue weighted by molar-refractivity contribution is 0.414. The van der Waals surface area contributed by atoms with Crippen molar-refractivity contribution in [3.63, 3.8) is 0 Å². The molecule has 0 aliphatic rings. The second kappa shape index (κ2) is 5.11. The fourth-order valence-corrected chi connectivity index (χ4v) is 1.89. The third-order valence-electron chi connectivity index (χ3n) is 2.63. The van der Waals surface area contributed by atoms with Crippen molar-refractivity contribution in [1.29, 1.82) is 0 Å². The lowest BCUT2D eigenvalue weighted by Gasteiger charge is -2.07. The van der Waals surface area contributed by atoms with Gasteiger partial charge < -0.3 is 10.5 Å². The molecule has 2 aromatic carbocycles. The first kappa shape index (κ1) is 11.8. The van der Waals surface area contributed by atoms with E-state index < -0.39 is 0 Å². The second-order valence-electron chi connectivity index (χ2n) is 3.88. The first-order valence-corrected chi connectivity index (χ1v) is 5.73. The van der Waals surface area contributed by atoms with Crippen molar-refractivity contribution >= 4 is 17.3 Å². The Kier molecular flexibility index (Phi) is 3.55. The molecule has 0 fully saturated rings. The lowest BCUT2D eigenvalue weighted by atomic mass is 10.0. The average Bonchev–Trinajstić information content (AvgIpc) is 2.34. The maximum atomic E-state index is 6.18. The number of ether oxygens (including phenoxy) is 1. The minimum absolute atomic E-state index is 0.723. The van der Waals surface area contributed by atoms with E-state index in [2.05, 4.69) is 0 Å². The Balaban J connectivity index is 2.21. The van der Waals surface area contributed by atoms with E-state index in [-0.39, 0.29) is 0 Å². The molecule has 3 heteroatoms. The maximum Gasteiger partial charge on any atom is 0.120 e. The summed E-state index contributed by atoms with van der Waals surface area (Å²) in [4.78, 5) is 0. The topological polar surface area (TPSA) is 35.2 Å². The van der Waals surface area contributed by atoms with Crippen molar-refractivity contribution in [3.8, 4) is 5.75 Å². The van der Waals surface area contributed by atoms with Crippen molar-refractivity contribution in [1.82, 2.24) is 0 Å². The van der Waals surface area contributed by atoms with Crippen LogP contribution in [0.5, 0.6) is 5.75 Å². The van der Waals surface area contributed by atoms with Crippen molar-refractivity contribution in [2.75, 3.05) is 12.8 Å². The largest absolute Gasteiger partial charge is 0.497 e. The summed E-state index contributed by atoms with van der Waals surface area (Å²) in [5, 5.41) is 0.723. The molecule has 0 amide bonds. The Morgan fingerprint density at radius 2 is 1.82 bits per heavy atom. The highest BCUT2D eigenvalue weighted by Crippen LogP contribution is 2.24. The molecule has 0 saturated heterocycles. The van der Waals surface area contributed by atoms with Gasteiger partial charge in [0, 0.05) is 10.7 Å². The van der Waals surface area contributed by atoms with Crippen LogP contribution in [0, 0.1) is 0 Å². The molecule has 0 unspecified atom stereocenters. The summed E-state index contributed by atoms with van der Waals surface area (Å²) in [7, 11) is 1.63. The van der Waals surface area contributed by atoms with E-state index in [0.717, 1.165) is 28.4 Å². The summed E-state index contributed by atoms with van der Waals surface area (Å²) in [5.41, 5.74) is 8.69. The number of hydrogen-bond donors (Lipinski definition) is 1. The van der Waals surface area contributed by atoms with E-state index in [0.29, 0.717) is 0 Å². The summed E-state index contributed by atoms with van der Waals surface area (Å²) in [6.45, 7) is 0. The summed E-state index contributed by atoms with van der Waals surface area (Å²) in [5.74, 6) is 0.774. The molecule has 17 heavy (non-hydrogen) atoms. The molecule has 0 heterocycles. The average molecular weight is 248 g/mol. The summed E-state index contributed by atoms with van der Waals surface area (Å²) in [6, 6.07) is 13.5. The first-order chi connectivity index (χ1) is 8.19. The standard InChI is InChI=1S/C14H14ClNO/c1-17-13-7-4-11(14(15)9-13)8-10-2-5-12(16)6-3-10/h2-7,9H,8,16H2,1H3. The summed E-state index contributed by atoms with van der Waals surface area (Å²) in [6.07, 6.45) is 0.795. The van der Waals surface area contributed by atoms with E-state index in [1.807, 2.05) is 42.5 Å². The van der Waals surface area contributed by atoms with Gasteiger partial charge in [-0.1, -0.05) is 29.8 Å². The Hall–Kier alpha value is -1.67. The van der Waals surface area contributed by atoms with Crippen LogP contribution >= 0.6 is 11.6 Å². The zero-order valence-electron chi connectivity index (χ0n) is 9.61. The van der Waals surface area contributed by atoms with Crippen LogP contribution in [0.3, 0.4) is 0 Å². The second-order valence-corrected chi connectivity index (χ2v) is 4.28. The van der Waals surface area contributed by atoms with Gasteiger partial charge in [0.15, 0.2) is 0 Å². The van der Waals surface area contributed by atoms with E-state index in [9.17, 15) is 0 Å². The molecule has 0 aromatic heterocycles. The molecule has 0 bridgehead atoms. The number of rotatable bonds is 3. The zero-order valence-corrected chi connectivity index (χ0v) is 10.4. The van der Waals surface area contributed by atoms with E-state index in [1.165, 1.54) is 5.56 Å². The maximum absolute atomic E-state index is 6.18. The number of methoxy groups -OCH3 is 1. The molecule has 0 atom stereocenters. The summed E-state index contributed by atoms with van der Waals surface area (Å²) < 4.78 is 5.11. The highest BCUT2D eigenvalue weighted by Gasteiger charge is 2.03. The smallest absolute Gasteiger partial charge is 0.120 e. The lowest BCUT2D eigenvalue weighted by Crippen LogP contribution is -1.92. The van der Waals surface area contributed by atoms with Gasteiger partial charge in [0.2, 0.25) is 0 Å². The van der Waals surface area contributed by atoms with Gasteiger partial charge >= 0.3 is 0 Å². The molecular formula is C14H14ClNO. The van der Waals surface area contributed by atoms with E-state index >= 15 is 0 Å². The quantitative estimate of drug-likeness (QED) is 0.843. The molecule has 0 spiro atoms. The van der Waals surface area contributed by atoms with Crippen LogP contribution in [-0.4, -0.2) is 7.11 Å². The first-order valence-electron chi connectivity index (χ1n) is 5.36. The zero-order chi connectivity index (χ0) is 12.3. The minimum atomic E-state index is 0.723. The fraction of sp³-hybridized carbons (Fsp3) is 0.143. The van der Waals surface area contributed by atoms with Gasteiger partial charge in [0.05, 0.1) is 7.11 Å². The van der Waals surface area contributed by atoms with Gasteiger partial charge in [-0.25, -0.2) is 0 Å². The number of halogens is 1. The van der Waals surface area contributed by atoms with Gasteiger partial charge in [-0.15, -0.1) is 0 Å². The highest BCUT2D eigenvalue weighted by atomic mass is 35.5. The van der Waals surface area contributed by atoms with Gasteiger partial charge in [-0.05, 0) is 41.8 Å². The van der Waals surface area contributed by atoms with E-state index in [1.54, 1.807) is 7.11 Å². The number of anilines is 1. The monoisotopic (exact) mass is 247 g/mol. The molecule has 0 saturated carbocycles. The SMILES string of the molecule is COc1ccc(Cc2ccc(N)cc2)c(Cl)c1. The third kappa shape index (κ3) is 2.92. The Labute approximate surface area is 106 Å². The number of benzene rings is 2. The van der Waals surface area contributed by atoms with Crippen LogP contribution in [0.25, 0.3) is 0 Å². The van der Waals surface area contributed by atoms with Gasteiger partial charge in [-0.2, -0.15) is 0 Å².